The van der Waals surface area contributed by atoms with E-state index in [9.17, 15) is 4.79 Å². The molecule has 0 unspecified atom stereocenters. The van der Waals surface area contributed by atoms with Gasteiger partial charge in [-0.1, -0.05) is 36.4 Å². The van der Waals surface area contributed by atoms with Crippen LogP contribution in [0.5, 0.6) is 0 Å². The first-order chi connectivity index (χ1) is 9.34. The predicted molar refractivity (Wildman–Crippen MR) is 75.3 cm³/mol. The van der Waals surface area contributed by atoms with Crippen molar-refractivity contribution in [1.29, 1.82) is 0 Å². The quantitative estimate of drug-likeness (QED) is 0.684. The van der Waals surface area contributed by atoms with Crippen molar-refractivity contribution in [3.8, 4) is 0 Å². The van der Waals surface area contributed by atoms with E-state index >= 15 is 0 Å². The third-order valence-electron chi connectivity index (χ3n) is 5.79. The lowest BCUT2D eigenvalue weighted by Crippen LogP contribution is -2.20. The Morgan fingerprint density at radius 1 is 0.895 bits per heavy atom. The number of carbonyl (C=O) groups excluding carboxylic acids is 1. The first-order valence-corrected chi connectivity index (χ1v) is 7.40. The van der Waals surface area contributed by atoms with Gasteiger partial charge in [-0.25, -0.2) is 0 Å². The molecule has 4 atom stereocenters. The molecule has 2 aromatic carbocycles. The fraction of sp³-hybridized carbons (Fsp3) is 0.389. The topological polar surface area (TPSA) is 17.1 Å². The molecule has 3 aliphatic rings. The maximum Gasteiger partial charge on any atom is 0.167 e. The van der Waals surface area contributed by atoms with Gasteiger partial charge in [-0.15, -0.1) is 0 Å². The van der Waals surface area contributed by atoms with Gasteiger partial charge in [-0.3, -0.25) is 4.79 Å². The number of fused-ring (bicyclic) bond motifs is 9. The van der Waals surface area contributed by atoms with Crippen LogP contribution in [0, 0.1) is 17.8 Å². The first kappa shape index (κ1) is 10.2. The molecular weight excluding hydrogens is 232 g/mol. The van der Waals surface area contributed by atoms with Gasteiger partial charge in [0.05, 0.1) is 0 Å². The summed E-state index contributed by atoms with van der Waals surface area (Å²) >= 11 is 0. The molecule has 5 rings (SSSR count). The molecule has 0 amide bonds. The highest BCUT2D eigenvalue weighted by atomic mass is 16.1. The summed E-state index contributed by atoms with van der Waals surface area (Å²) in [6, 6.07) is 12.8. The molecular formula is C18H16O. The van der Waals surface area contributed by atoms with Crippen molar-refractivity contribution < 1.29 is 4.79 Å². The van der Waals surface area contributed by atoms with E-state index in [1.165, 1.54) is 35.6 Å². The number of hydrogen-bond acceptors (Lipinski definition) is 1. The summed E-state index contributed by atoms with van der Waals surface area (Å²) in [5.41, 5.74) is 2.42. The Hall–Kier alpha value is -1.63. The van der Waals surface area contributed by atoms with E-state index < -0.39 is 0 Å². The average molecular weight is 248 g/mol. The third-order valence-corrected chi connectivity index (χ3v) is 5.79. The van der Waals surface area contributed by atoms with Gasteiger partial charge >= 0.3 is 0 Å². The predicted octanol–water partition coefficient (Wildman–Crippen LogP) is 4.17. The van der Waals surface area contributed by atoms with Crippen LogP contribution in [0.25, 0.3) is 10.8 Å². The van der Waals surface area contributed by atoms with Gasteiger partial charge in [0.1, 0.15) is 0 Å². The van der Waals surface area contributed by atoms with Crippen LogP contribution in [-0.4, -0.2) is 5.78 Å². The fourth-order valence-corrected chi connectivity index (χ4v) is 5.12. The molecule has 2 fully saturated rings. The molecule has 1 nitrogen and oxygen atoms in total. The normalized spacial score (nSPS) is 34.8. The van der Waals surface area contributed by atoms with Crippen LogP contribution < -0.4 is 0 Å². The highest BCUT2D eigenvalue weighted by molar-refractivity contribution is 6.13. The second-order valence-corrected chi connectivity index (χ2v) is 6.50. The van der Waals surface area contributed by atoms with Crippen molar-refractivity contribution in [3.63, 3.8) is 0 Å². The number of Topliss-reactive ketones (excluding diaryl/α,β-unsaturated/α-hetero) is 1. The molecule has 2 aromatic rings. The lowest BCUT2D eigenvalue weighted by atomic mass is 9.79. The van der Waals surface area contributed by atoms with Crippen LogP contribution in [0.15, 0.2) is 36.4 Å². The summed E-state index contributed by atoms with van der Waals surface area (Å²) in [6.07, 6.45) is 3.92. The SMILES string of the molecule is O=C1c2c(ccc3ccccc23)[C@@H]2[C@H]3CC[C@H](C3)[C@H]12. The van der Waals surface area contributed by atoms with Crippen LogP contribution in [0.2, 0.25) is 0 Å². The smallest absolute Gasteiger partial charge is 0.167 e. The van der Waals surface area contributed by atoms with Crippen LogP contribution in [-0.2, 0) is 0 Å². The Bertz CT molecular complexity index is 715. The summed E-state index contributed by atoms with van der Waals surface area (Å²) in [4.78, 5) is 12.9. The summed E-state index contributed by atoms with van der Waals surface area (Å²) in [7, 11) is 0. The van der Waals surface area contributed by atoms with E-state index in [0.29, 0.717) is 23.5 Å². The first-order valence-electron chi connectivity index (χ1n) is 7.40. The molecule has 0 heterocycles. The summed E-state index contributed by atoms with van der Waals surface area (Å²) in [5, 5.41) is 2.39. The van der Waals surface area contributed by atoms with Gasteiger partial charge in [0.2, 0.25) is 0 Å². The van der Waals surface area contributed by atoms with E-state index in [-0.39, 0.29) is 0 Å². The maximum atomic E-state index is 12.9. The zero-order valence-electron chi connectivity index (χ0n) is 10.8. The minimum absolute atomic E-state index is 0.319. The molecule has 0 aromatic heterocycles. The zero-order chi connectivity index (χ0) is 12.6. The molecule has 3 aliphatic carbocycles. The fourth-order valence-electron chi connectivity index (χ4n) is 5.12. The molecule has 94 valence electrons. The standard InChI is InChI=1S/C18H16O/c19-18-16-12-6-5-11(9-12)15(16)14-8-7-10-3-1-2-4-13(10)17(14)18/h1-4,7-8,11-12,15-16H,5-6,9H2/t11-,12+,15-,16-/m0/s1. The molecule has 2 bridgehead atoms. The highest BCUT2D eigenvalue weighted by Crippen LogP contribution is 2.61. The van der Waals surface area contributed by atoms with Crippen LogP contribution in [0.1, 0.15) is 41.1 Å². The van der Waals surface area contributed by atoms with Gasteiger partial charge in [-0.2, -0.15) is 0 Å². The van der Waals surface area contributed by atoms with Crippen molar-refractivity contribution in [2.45, 2.75) is 25.2 Å². The Morgan fingerprint density at radius 2 is 1.68 bits per heavy atom. The van der Waals surface area contributed by atoms with Gasteiger partial charge in [0, 0.05) is 11.5 Å². The summed E-state index contributed by atoms with van der Waals surface area (Å²) in [6.45, 7) is 0. The molecule has 0 spiro atoms. The van der Waals surface area contributed by atoms with Gasteiger partial charge in [0.25, 0.3) is 0 Å². The van der Waals surface area contributed by atoms with E-state index in [0.717, 1.165) is 11.5 Å². The van der Waals surface area contributed by atoms with Crippen LogP contribution in [0.3, 0.4) is 0 Å². The van der Waals surface area contributed by atoms with Crippen molar-refractivity contribution in [3.05, 3.63) is 47.5 Å². The Kier molecular flexibility index (Phi) is 1.76. The number of rotatable bonds is 0. The Labute approximate surface area is 112 Å². The average Bonchev–Trinajstić information content (AvgIpc) is 3.12. The van der Waals surface area contributed by atoms with E-state index in [1.54, 1.807) is 0 Å². The van der Waals surface area contributed by atoms with Crippen molar-refractivity contribution in [1.82, 2.24) is 0 Å². The second-order valence-electron chi connectivity index (χ2n) is 6.50. The summed E-state index contributed by atoms with van der Waals surface area (Å²) in [5.74, 6) is 2.77. The minimum atomic E-state index is 0.319. The third kappa shape index (κ3) is 1.10. The van der Waals surface area contributed by atoms with E-state index in [2.05, 4.69) is 36.4 Å². The molecule has 0 radical (unpaired) electrons. The number of benzene rings is 2. The van der Waals surface area contributed by atoms with Crippen LogP contribution >= 0.6 is 0 Å². The van der Waals surface area contributed by atoms with Crippen molar-refractivity contribution in [2.24, 2.45) is 17.8 Å². The van der Waals surface area contributed by atoms with E-state index in [4.69, 9.17) is 0 Å². The molecule has 0 N–H and O–H groups in total. The molecule has 2 saturated carbocycles. The lowest BCUT2D eigenvalue weighted by Gasteiger charge is -2.23. The molecule has 0 aliphatic heterocycles. The summed E-state index contributed by atoms with van der Waals surface area (Å²) < 4.78 is 0. The number of ketones is 1. The van der Waals surface area contributed by atoms with Crippen molar-refractivity contribution in [2.75, 3.05) is 0 Å². The van der Waals surface area contributed by atoms with Crippen LogP contribution in [0.4, 0.5) is 0 Å². The van der Waals surface area contributed by atoms with Gasteiger partial charge in [-0.05, 0) is 53.4 Å². The Balaban J connectivity index is 1.83. The highest BCUT2D eigenvalue weighted by Gasteiger charge is 2.55. The monoisotopic (exact) mass is 248 g/mol. The maximum absolute atomic E-state index is 12.9. The molecule has 0 saturated heterocycles. The number of carbonyl (C=O) groups is 1. The largest absolute Gasteiger partial charge is 0.294 e. The van der Waals surface area contributed by atoms with Crippen molar-refractivity contribution >= 4 is 16.6 Å². The van der Waals surface area contributed by atoms with Gasteiger partial charge < -0.3 is 0 Å². The second kappa shape index (κ2) is 3.27. The molecule has 19 heavy (non-hydrogen) atoms. The number of hydrogen-bond donors (Lipinski definition) is 0. The van der Waals surface area contributed by atoms with E-state index in [1.807, 2.05) is 0 Å². The minimum Gasteiger partial charge on any atom is -0.294 e. The molecule has 1 heteroatoms. The lowest BCUT2D eigenvalue weighted by molar-refractivity contribution is 0.0884. The zero-order valence-corrected chi connectivity index (χ0v) is 10.8. The Morgan fingerprint density at radius 3 is 2.58 bits per heavy atom. The van der Waals surface area contributed by atoms with Gasteiger partial charge in [0.15, 0.2) is 5.78 Å².